The number of carbonyl (C=O) groups is 1. The molecule has 0 radical (unpaired) electrons. The summed E-state index contributed by atoms with van der Waals surface area (Å²) in [5, 5.41) is 15.6. The van der Waals surface area contributed by atoms with Gasteiger partial charge in [-0.15, -0.1) is 0 Å². The molecule has 2 aliphatic rings. The molecule has 35 heavy (non-hydrogen) atoms. The average Bonchev–Trinajstić information content (AvgIpc) is 3.35. The Hall–Kier alpha value is -3.91. The fourth-order valence-corrected chi connectivity index (χ4v) is 5.12. The van der Waals surface area contributed by atoms with Crippen LogP contribution in [0.3, 0.4) is 0 Å². The highest BCUT2D eigenvalue weighted by Crippen LogP contribution is 2.30. The highest BCUT2D eigenvalue weighted by Gasteiger charge is 2.36. The van der Waals surface area contributed by atoms with Gasteiger partial charge in [0.15, 0.2) is 5.84 Å². The lowest BCUT2D eigenvalue weighted by molar-refractivity contribution is -0.114. The lowest BCUT2D eigenvalue weighted by Crippen LogP contribution is -2.35. The number of aryl methyl sites for hydroxylation is 3. The van der Waals surface area contributed by atoms with Crippen LogP contribution >= 0.6 is 11.8 Å². The SMILES string of the molecule is Cc1cc(C)cc(-n2c(C)cc(/C=C3/C(=N)N4N=C(COc5ccccc5)SC4=NC3=O)c2C)c1. The van der Waals surface area contributed by atoms with Crippen molar-refractivity contribution >= 4 is 39.8 Å². The van der Waals surface area contributed by atoms with E-state index in [-0.39, 0.29) is 18.0 Å². The van der Waals surface area contributed by atoms with E-state index in [1.165, 1.54) is 27.9 Å². The molecule has 0 atom stereocenters. The number of hydrogen-bond acceptors (Lipinski definition) is 5. The lowest BCUT2D eigenvalue weighted by atomic mass is 10.1. The van der Waals surface area contributed by atoms with Crippen LogP contribution in [0.2, 0.25) is 0 Å². The molecular weight excluding hydrogens is 458 g/mol. The van der Waals surface area contributed by atoms with E-state index in [4.69, 9.17) is 10.1 Å². The van der Waals surface area contributed by atoms with Crippen LogP contribution in [0, 0.1) is 33.1 Å². The summed E-state index contributed by atoms with van der Waals surface area (Å²) in [7, 11) is 0. The van der Waals surface area contributed by atoms with Crippen LogP contribution in [0.4, 0.5) is 0 Å². The van der Waals surface area contributed by atoms with Crippen LogP contribution in [0.15, 0.2) is 70.3 Å². The van der Waals surface area contributed by atoms with E-state index in [0.717, 1.165) is 28.4 Å². The van der Waals surface area contributed by atoms with Gasteiger partial charge in [0.05, 0.1) is 5.57 Å². The summed E-state index contributed by atoms with van der Waals surface area (Å²) in [6.45, 7) is 8.46. The zero-order valence-corrected chi connectivity index (χ0v) is 20.8. The molecule has 1 N–H and O–H groups in total. The fourth-order valence-electron chi connectivity index (χ4n) is 4.32. The number of nitrogens with zero attached hydrogens (tertiary/aromatic N) is 4. The van der Waals surface area contributed by atoms with E-state index in [0.29, 0.717) is 10.2 Å². The fraction of sp³-hybridized carbons (Fsp3) is 0.185. The number of aromatic nitrogens is 1. The number of fused-ring (bicyclic) bond motifs is 1. The Bertz CT molecular complexity index is 1430. The monoisotopic (exact) mass is 483 g/mol. The smallest absolute Gasteiger partial charge is 0.283 e. The predicted molar refractivity (Wildman–Crippen MR) is 142 cm³/mol. The first-order valence-electron chi connectivity index (χ1n) is 11.2. The van der Waals surface area contributed by atoms with Crippen LogP contribution in [0.5, 0.6) is 5.75 Å². The number of benzene rings is 2. The Balaban J connectivity index is 1.42. The highest BCUT2D eigenvalue weighted by molar-refractivity contribution is 8.27. The van der Waals surface area contributed by atoms with Crippen molar-refractivity contribution in [1.29, 1.82) is 5.41 Å². The van der Waals surface area contributed by atoms with Crippen molar-refractivity contribution in [3.05, 3.63) is 88.2 Å². The summed E-state index contributed by atoms with van der Waals surface area (Å²) >= 11 is 1.25. The number of para-hydroxylation sites is 1. The second-order valence-corrected chi connectivity index (χ2v) is 9.66. The Morgan fingerprint density at radius 1 is 1.03 bits per heavy atom. The van der Waals surface area contributed by atoms with Gasteiger partial charge in [0.25, 0.3) is 5.91 Å². The molecule has 176 valence electrons. The Morgan fingerprint density at radius 3 is 2.46 bits per heavy atom. The maximum absolute atomic E-state index is 12.9. The van der Waals surface area contributed by atoms with Crippen molar-refractivity contribution in [3.8, 4) is 11.4 Å². The van der Waals surface area contributed by atoms with Crippen molar-refractivity contribution in [2.45, 2.75) is 27.7 Å². The molecule has 0 bridgehead atoms. The minimum absolute atomic E-state index is 0.0124. The summed E-state index contributed by atoms with van der Waals surface area (Å²) in [5.74, 6) is 0.303. The third-order valence-electron chi connectivity index (χ3n) is 5.84. The minimum atomic E-state index is -0.439. The van der Waals surface area contributed by atoms with Gasteiger partial charge >= 0.3 is 0 Å². The van der Waals surface area contributed by atoms with E-state index >= 15 is 0 Å². The molecule has 0 aliphatic carbocycles. The molecule has 0 unspecified atom stereocenters. The van der Waals surface area contributed by atoms with Gasteiger partial charge in [0.1, 0.15) is 17.4 Å². The molecule has 5 rings (SSSR count). The predicted octanol–water partition coefficient (Wildman–Crippen LogP) is 5.41. The second-order valence-electron chi connectivity index (χ2n) is 8.62. The summed E-state index contributed by atoms with van der Waals surface area (Å²) in [6.07, 6.45) is 1.74. The van der Waals surface area contributed by atoms with Crippen molar-refractivity contribution in [3.63, 3.8) is 0 Å². The number of hydrazone groups is 1. The molecule has 1 amide bonds. The topological polar surface area (TPSA) is 83.0 Å². The summed E-state index contributed by atoms with van der Waals surface area (Å²) in [4.78, 5) is 17.1. The molecule has 8 heteroatoms. The standard InChI is InChI=1S/C27H25N5O2S/c1-16-10-17(2)12-21(11-16)31-18(3)13-20(19(31)4)14-23-25(28)32-27(29-26(23)33)35-24(30-32)15-34-22-8-6-5-7-9-22/h5-14,28H,15H2,1-4H3/b23-14-,28-25?. The lowest BCUT2D eigenvalue weighted by Gasteiger charge is -2.20. The number of nitrogens with one attached hydrogen (secondary N) is 1. The number of amidine groups is 2. The summed E-state index contributed by atoms with van der Waals surface area (Å²) in [6, 6.07) is 17.9. The number of rotatable bonds is 5. The van der Waals surface area contributed by atoms with Gasteiger partial charge in [-0.2, -0.15) is 15.1 Å². The number of ether oxygens (including phenoxy) is 1. The molecule has 3 heterocycles. The van der Waals surface area contributed by atoms with Crippen molar-refractivity contribution < 1.29 is 9.53 Å². The number of amides is 1. The van der Waals surface area contributed by atoms with Crippen LogP contribution in [-0.4, -0.2) is 38.1 Å². The summed E-state index contributed by atoms with van der Waals surface area (Å²) < 4.78 is 7.93. The largest absolute Gasteiger partial charge is 0.487 e. The first kappa shape index (κ1) is 22.9. The van der Waals surface area contributed by atoms with E-state index in [1.807, 2.05) is 50.2 Å². The number of carbonyl (C=O) groups excluding carboxylic acids is 1. The second kappa shape index (κ2) is 9.03. The van der Waals surface area contributed by atoms with Crippen molar-refractivity contribution in [2.75, 3.05) is 6.61 Å². The zero-order valence-electron chi connectivity index (χ0n) is 20.0. The summed E-state index contributed by atoms with van der Waals surface area (Å²) in [5.41, 5.74) is 6.59. The molecule has 0 saturated heterocycles. The van der Waals surface area contributed by atoms with Crippen LogP contribution < -0.4 is 4.74 Å². The normalized spacial score (nSPS) is 16.5. The molecule has 7 nitrogen and oxygen atoms in total. The third kappa shape index (κ3) is 4.44. The van der Waals surface area contributed by atoms with Gasteiger partial charge in [0.2, 0.25) is 5.17 Å². The maximum Gasteiger partial charge on any atom is 0.283 e. The number of aliphatic imine (C=N–C) groups is 1. The van der Waals surface area contributed by atoms with E-state index in [9.17, 15) is 4.79 Å². The molecule has 0 saturated carbocycles. The molecule has 3 aromatic rings. The zero-order chi connectivity index (χ0) is 24.7. The van der Waals surface area contributed by atoms with E-state index in [1.54, 1.807) is 6.08 Å². The quantitative estimate of drug-likeness (QED) is 0.492. The van der Waals surface area contributed by atoms with Gasteiger partial charge in [-0.3, -0.25) is 10.2 Å². The van der Waals surface area contributed by atoms with Crippen LogP contribution in [0.25, 0.3) is 11.8 Å². The number of thioether (sulfide) groups is 1. The van der Waals surface area contributed by atoms with Gasteiger partial charge in [-0.1, -0.05) is 24.3 Å². The molecule has 1 aromatic heterocycles. The Kier molecular flexibility index (Phi) is 5.90. The highest BCUT2D eigenvalue weighted by atomic mass is 32.2. The van der Waals surface area contributed by atoms with Gasteiger partial charge < -0.3 is 9.30 Å². The van der Waals surface area contributed by atoms with Crippen molar-refractivity contribution in [1.82, 2.24) is 9.58 Å². The Labute approximate surface area is 208 Å². The molecule has 0 fully saturated rings. The van der Waals surface area contributed by atoms with Crippen LogP contribution in [-0.2, 0) is 4.79 Å². The number of hydrogen-bond donors (Lipinski definition) is 1. The van der Waals surface area contributed by atoms with E-state index in [2.05, 4.69) is 46.7 Å². The molecule has 0 spiro atoms. The van der Waals surface area contributed by atoms with E-state index < -0.39 is 5.91 Å². The maximum atomic E-state index is 12.9. The first-order valence-corrected chi connectivity index (χ1v) is 12.1. The Morgan fingerprint density at radius 2 is 1.74 bits per heavy atom. The molecule has 2 aliphatic heterocycles. The molecule has 2 aromatic carbocycles. The average molecular weight is 484 g/mol. The van der Waals surface area contributed by atoms with Crippen LogP contribution in [0.1, 0.15) is 28.1 Å². The van der Waals surface area contributed by atoms with Gasteiger partial charge in [-0.25, -0.2) is 0 Å². The third-order valence-corrected chi connectivity index (χ3v) is 6.72. The first-order chi connectivity index (χ1) is 16.8. The van der Waals surface area contributed by atoms with Gasteiger partial charge in [-0.05, 0) is 92.6 Å². The van der Waals surface area contributed by atoms with Crippen molar-refractivity contribution in [2.24, 2.45) is 10.1 Å². The molecular formula is C27H25N5O2S. The van der Waals surface area contributed by atoms with Gasteiger partial charge in [0, 0.05) is 17.1 Å². The minimum Gasteiger partial charge on any atom is -0.487 e.